The van der Waals surface area contributed by atoms with Crippen molar-refractivity contribution < 1.29 is 13.2 Å². The van der Waals surface area contributed by atoms with Crippen LogP contribution < -0.4 is 0 Å². The minimum Gasteiger partial charge on any atom is -0.309 e. The fraction of sp³-hybridized carbons (Fsp3) is 0.0185. The number of fused-ring (bicyclic) bond motifs is 6. The average molecular weight is 830 g/mol. The molecule has 0 spiro atoms. The number of rotatable bonds is 5. The maximum atomic E-state index is 14.5. The third-order valence-corrected chi connectivity index (χ3v) is 11.6. The third-order valence-electron chi connectivity index (χ3n) is 11.6. The summed E-state index contributed by atoms with van der Waals surface area (Å²) >= 11 is 0. The lowest BCUT2D eigenvalue weighted by Gasteiger charge is -2.20. The van der Waals surface area contributed by atoms with Crippen molar-refractivity contribution in [3.8, 4) is 75.1 Å². The number of nitrogens with zero attached hydrogens (tertiary/aromatic N) is 7. The van der Waals surface area contributed by atoms with E-state index in [2.05, 4.69) is 30.3 Å². The Morgan fingerprint density at radius 2 is 0.828 bits per heavy atom. The highest BCUT2D eigenvalue weighted by atomic mass is 19.4. The van der Waals surface area contributed by atoms with Crippen LogP contribution in [0.1, 0.15) is 33.4 Å². The zero-order valence-corrected chi connectivity index (χ0v) is 33.3. The molecule has 10 heteroatoms. The Balaban J connectivity index is 1.31. The van der Waals surface area contributed by atoms with Gasteiger partial charge in [-0.25, -0.2) is 0 Å². The highest BCUT2D eigenvalue weighted by Crippen LogP contribution is 2.43. The second-order valence-corrected chi connectivity index (χ2v) is 15.3. The van der Waals surface area contributed by atoms with Gasteiger partial charge in [0.2, 0.25) is 0 Å². The molecule has 0 unspecified atom stereocenters. The first kappa shape index (κ1) is 38.8. The molecular formula is C54H26F3N7. The van der Waals surface area contributed by atoms with E-state index in [1.54, 1.807) is 42.5 Å². The second-order valence-electron chi connectivity index (χ2n) is 15.3. The van der Waals surface area contributed by atoms with Gasteiger partial charge in [-0.3, -0.25) is 0 Å². The van der Waals surface area contributed by atoms with E-state index in [9.17, 15) is 39.5 Å². The number of para-hydroxylation sites is 2. The van der Waals surface area contributed by atoms with E-state index in [0.717, 1.165) is 44.7 Å². The van der Waals surface area contributed by atoms with Crippen LogP contribution in [-0.4, -0.2) is 9.13 Å². The molecule has 0 saturated heterocycles. The standard InChI is InChI=1S/C54H26F3N7/c55-54(56,57)42-7-5-6-38(22-42)47-26-50(63-48-10-3-1-8-43(48)45-14-12-36(23-51(45)63)39-18-32(27-58)16-33(19-39)28-59)41(31-62)25-53(47)64-49-11-4-2-9-44(49)46-15-13-37(24-52(46)64)40-20-34(29-60)17-35(21-40)30-61/h1-26H. The van der Waals surface area contributed by atoms with Gasteiger partial charge in [0.05, 0.1) is 91.1 Å². The van der Waals surface area contributed by atoms with Crippen molar-refractivity contribution in [2.45, 2.75) is 6.18 Å². The van der Waals surface area contributed by atoms with Gasteiger partial charge in [-0.05, 0) is 113 Å². The molecule has 0 amide bonds. The van der Waals surface area contributed by atoms with Crippen LogP contribution in [0.2, 0.25) is 0 Å². The maximum absolute atomic E-state index is 14.5. The van der Waals surface area contributed by atoms with Crippen LogP contribution in [0.5, 0.6) is 0 Å². The molecule has 10 rings (SSSR count). The molecule has 8 aromatic carbocycles. The van der Waals surface area contributed by atoms with Crippen LogP contribution in [0.4, 0.5) is 13.2 Å². The third kappa shape index (κ3) is 6.34. The smallest absolute Gasteiger partial charge is 0.309 e. The van der Waals surface area contributed by atoms with Crippen LogP contribution in [-0.2, 0) is 6.18 Å². The summed E-state index contributed by atoms with van der Waals surface area (Å²) in [6.45, 7) is 0. The fourth-order valence-electron chi connectivity index (χ4n) is 8.80. The van der Waals surface area contributed by atoms with Crippen LogP contribution in [0.3, 0.4) is 0 Å². The van der Waals surface area contributed by atoms with Crippen molar-refractivity contribution in [1.82, 2.24) is 9.13 Å². The fourth-order valence-corrected chi connectivity index (χ4v) is 8.80. The summed E-state index contributed by atoms with van der Waals surface area (Å²) in [4.78, 5) is 0. The summed E-state index contributed by atoms with van der Waals surface area (Å²) in [6.07, 6.45) is -4.65. The number of nitriles is 5. The van der Waals surface area contributed by atoms with E-state index in [1.165, 1.54) is 18.2 Å². The lowest BCUT2D eigenvalue weighted by molar-refractivity contribution is -0.137. The van der Waals surface area contributed by atoms with Crippen molar-refractivity contribution in [3.05, 3.63) is 191 Å². The molecule has 2 aromatic heterocycles. The summed E-state index contributed by atoms with van der Waals surface area (Å²) in [6, 6.07) is 56.3. The Labute approximate surface area is 363 Å². The first-order chi connectivity index (χ1) is 31.1. The van der Waals surface area contributed by atoms with Crippen LogP contribution >= 0.6 is 0 Å². The first-order valence-electron chi connectivity index (χ1n) is 19.8. The molecule has 64 heavy (non-hydrogen) atoms. The topological polar surface area (TPSA) is 129 Å². The SMILES string of the molecule is N#Cc1cc(C#N)cc(-c2ccc3c4ccccc4n(-c4cc(-c5cccc(C(F)(F)F)c5)c(-n5c6ccccc6c6ccc(-c7cc(C#N)cc(C#N)c7)cc65)cc4C#N)c3c2)c1. The molecule has 298 valence electrons. The molecule has 0 fully saturated rings. The van der Waals surface area contributed by atoms with Crippen LogP contribution in [0.15, 0.2) is 158 Å². The van der Waals surface area contributed by atoms with E-state index < -0.39 is 11.7 Å². The van der Waals surface area contributed by atoms with E-state index in [4.69, 9.17) is 0 Å². The van der Waals surface area contributed by atoms with Gasteiger partial charge in [0.15, 0.2) is 0 Å². The summed E-state index contributed by atoms with van der Waals surface area (Å²) in [7, 11) is 0. The molecule has 2 heterocycles. The Hall–Kier alpha value is -9.40. The molecule has 0 bridgehead atoms. The summed E-state index contributed by atoms with van der Waals surface area (Å²) < 4.78 is 47.4. The quantitative estimate of drug-likeness (QED) is 0.171. The lowest BCUT2D eigenvalue weighted by Crippen LogP contribution is -2.06. The predicted octanol–water partition coefficient (Wildman–Crippen LogP) is 13.3. The zero-order valence-electron chi connectivity index (χ0n) is 33.3. The van der Waals surface area contributed by atoms with Gasteiger partial charge in [0.25, 0.3) is 0 Å². The number of benzene rings is 8. The van der Waals surface area contributed by atoms with Gasteiger partial charge < -0.3 is 9.13 Å². The van der Waals surface area contributed by atoms with Gasteiger partial charge in [-0.15, -0.1) is 0 Å². The van der Waals surface area contributed by atoms with Crippen LogP contribution in [0.25, 0.3) is 88.4 Å². The molecule has 0 saturated carbocycles. The van der Waals surface area contributed by atoms with E-state index in [-0.39, 0.29) is 11.1 Å². The van der Waals surface area contributed by atoms with Gasteiger partial charge in [0.1, 0.15) is 6.07 Å². The molecule has 0 radical (unpaired) electrons. The number of aromatic nitrogens is 2. The first-order valence-corrected chi connectivity index (χ1v) is 19.8. The molecule has 0 aliphatic carbocycles. The normalized spacial score (nSPS) is 11.3. The maximum Gasteiger partial charge on any atom is 0.416 e. The van der Waals surface area contributed by atoms with Crippen LogP contribution in [0, 0.1) is 56.7 Å². The predicted molar refractivity (Wildman–Crippen MR) is 240 cm³/mol. The van der Waals surface area contributed by atoms with Crippen molar-refractivity contribution in [1.29, 1.82) is 26.3 Å². The van der Waals surface area contributed by atoms with Crippen molar-refractivity contribution >= 4 is 43.6 Å². The number of hydrogen-bond acceptors (Lipinski definition) is 5. The minimum absolute atomic E-state index is 0.236. The van der Waals surface area contributed by atoms with Crippen molar-refractivity contribution in [3.63, 3.8) is 0 Å². The van der Waals surface area contributed by atoms with E-state index in [0.29, 0.717) is 72.5 Å². The van der Waals surface area contributed by atoms with E-state index >= 15 is 0 Å². The Morgan fingerprint density at radius 1 is 0.359 bits per heavy atom. The minimum atomic E-state index is -4.65. The van der Waals surface area contributed by atoms with Crippen molar-refractivity contribution in [2.75, 3.05) is 0 Å². The molecule has 0 aliphatic rings. The van der Waals surface area contributed by atoms with Crippen molar-refractivity contribution in [2.24, 2.45) is 0 Å². The summed E-state index contributed by atoms with van der Waals surface area (Å²) in [5.74, 6) is 0. The van der Waals surface area contributed by atoms with Gasteiger partial charge >= 0.3 is 6.18 Å². The number of hydrogen-bond donors (Lipinski definition) is 0. The molecule has 0 N–H and O–H groups in total. The summed E-state index contributed by atoms with van der Waals surface area (Å²) in [5, 5.41) is 53.6. The number of halogens is 3. The van der Waals surface area contributed by atoms with Gasteiger partial charge in [-0.1, -0.05) is 72.8 Å². The second kappa shape index (κ2) is 14.9. The van der Waals surface area contributed by atoms with Gasteiger partial charge in [-0.2, -0.15) is 39.5 Å². The highest BCUT2D eigenvalue weighted by Gasteiger charge is 2.31. The molecule has 0 aliphatic heterocycles. The molecular weight excluding hydrogens is 804 g/mol. The molecule has 10 aromatic rings. The summed E-state index contributed by atoms with van der Waals surface area (Å²) in [5.41, 5.74) is 7.76. The highest BCUT2D eigenvalue weighted by molar-refractivity contribution is 6.12. The Bertz CT molecular complexity index is 3790. The monoisotopic (exact) mass is 829 g/mol. The zero-order chi connectivity index (χ0) is 44.3. The number of alkyl halides is 3. The molecule has 7 nitrogen and oxygen atoms in total. The largest absolute Gasteiger partial charge is 0.416 e. The van der Waals surface area contributed by atoms with E-state index in [1.807, 2.05) is 94.1 Å². The Kier molecular flexibility index (Phi) is 9.06. The molecule has 0 atom stereocenters. The van der Waals surface area contributed by atoms with Gasteiger partial charge in [0, 0.05) is 27.1 Å². The lowest BCUT2D eigenvalue weighted by atomic mass is 9.97. The Morgan fingerprint density at radius 3 is 1.30 bits per heavy atom. The average Bonchev–Trinajstić information content (AvgIpc) is 3.84.